The molecule has 2 aromatic carbocycles. The molecule has 9 nitrogen and oxygen atoms in total. The van der Waals surface area contributed by atoms with Gasteiger partial charge in [0.25, 0.3) is 0 Å². The van der Waals surface area contributed by atoms with Gasteiger partial charge in [-0.25, -0.2) is 9.59 Å². The van der Waals surface area contributed by atoms with E-state index in [0.717, 1.165) is 11.1 Å². The van der Waals surface area contributed by atoms with E-state index in [2.05, 4.69) is 17.2 Å². The van der Waals surface area contributed by atoms with E-state index >= 15 is 0 Å². The molecule has 264 valence electrons. The van der Waals surface area contributed by atoms with Crippen LogP contribution in [0.2, 0.25) is 0 Å². The fourth-order valence-electron chi connectivity index (χ4n) is 5.15. The van der Waals surface area contributed by atoms with Gasteiger partial charge in [-0.3, -0.25) is 9.59 Å². The van der Waals surface area contributed by atoms with Crippen LogP contribution in [0.15, 0.2) is 61.2 Å². The van der Waals surface area contributed by atoms with Crippen LogP contribution in [0, 0.1) is 5.92 Å². The third kappa shape index (κ3) is 11.8. The monoisotopic (exact) mass is 663 g/mol. The van der Waals surface area contributed by atoms with Gasteiger partial charge in [0.05, 0.1) is 0 Å². The molecule has 0 heterocycles. The van der Waals surface area contributed by atoms with E-state index in [1.165, 1.54) is 0 Å². The quantitative estimate of drug-likeness (QED) is 0.204. The van der Waals surface area contributed by atoms with Crippen molar-refractivity contribution in [2.45, 2.75) is 130 Å². The zero-order valence-corrected chi connectivity index (χ0v) is 30.8. The summed E-state index contributed by atoms with van der Waals surface area (Å²) < 4.78 is 11.3. The summed E-state index contributed by atoms with van der Waals surface area (Å²) in [6.45, 7) is 24.0. The number of carbonyl (C=O) groups is 4. The Labute approximate surface area is 287 Å². The van der Waals surface area contributed by atoms with E-state index in [-0.39, 0.29) is 12.3 Å². The molecular formula is C39H57N3O6. The number of hydrogen-bond acceptors (Lipinski definition) is 6. The number of carbonyl (C=O) groups excluding carboxylic acids is 4. The molecule has 9 heteroatoms. The van der Waals surface area contributed by atoms with Crippen LogP contribution in [0.25, 0.3) is 6.08 Å². The summed E-state index contributed by atoms with van der Waals surface area (Å²) in [5.41, 5.74) is -0.325. The average molecular weight is 664 g/mol. The highest BCUT2D eigenvalue weighted by Gasteiger charge is 2.45. The molecule has 2 N–H and O–H groups in total. The highest BCUT2D eigenvalue weighted by atomic mass is 16.6. The van der Waals surface area contributed by atoms with Gasteiger partial charge < -0.3 is 25.0 Å². The summed E-state index contributed by atoms with van der Waals surface area (Å²) in [5, 5.41) is 5.78. The molecule has 4 unspecified atom stereocenters. The van der Waals surface area contributed by atoms with Crippen LogP contribution in [0.3, 0.4) is 0 Å². The molecule has 0 spiro atoms. The molecule has 0 aromatic heterocycles. The highest BCUT2D eigenvalue weighted by Crippen LogP contribution is 2.34. The van der Waals surface area contributed by atoms with Crippen LogP contribution in [0.4, 0.5) is 4.79 Å². The predicted octanol–water partition coefficient (Wildman–Crippen LogP) is 7.40. The van der Waals surface area contributed by atoms with Crippen LogP contribution in [-0.2, 0) is 30.3 Å². The maximum absolute atomic E-state index is 14.9. The second-order valence-corrected chi connectivity index (χ2v) is 14.9. The van der Waals surface area contributed by atoms with E-state index < -0.39 is 58.7 Å². The summed E-state index contributed by atoms with van der Waals surface area (Å²) in [7, 11) is 0. The van der Waals surface area contributed by atoms with Gasteiger partial charge in [0.1, 0.15) is 29.3 Å². The van der Waals surface area contributed by atoms with Crippen molar-refractivity contribution in [3.05, 3.63) is 77.9 Å². The smallest absolute Gasteiger partial charge is 0.408 e. The standard InChI is InChI=1S/C39H57N3O6/c1-13-26(4)31(41-36(46)48-38(8,9)10)34(44)42(39(11,12)15-3)32(29-23-19-22-27(14-2)24-29)33(43)40-30(35(45)47-37(5,6)7)25-28-20-17-16-18-21-28/h14,16-24,26,30-32H,2,13,15,25H2,1,3-12H3,(H,40,43)(H,41,46). The minimum absolute atomic E-state index is 0.182. The van der Waals surface area contributed by atoms with E-state index in [0.29, 0.717) is 18.4 Å². The molecule has 48 heavy (non-hydrogen) atoms. The first-order chi connectivity index (χ1) is 22.2. The number of ether oxygens (including phenoxy) is 2. The minimum atomic E-state index is -1.18. The van der Waals surface area contributed by atoms with Gasteiger partial charge in [-0.05, 0) is 90.5 Å². The Morgan fingerprint density at radius 3 is 1.98 bits per heavy atom. The summed E-state index contributed by atoms with van der Waals surface area (Å²) in [6, 6.07) is 13.4. The lowest BCUT2D eigenvalue weighted by molar-refractivity contribution is -0.159. The molecule has 0 bridgehead atoms. The van der Waals surface area contributed by atoms with Gasteiger partial charge in [0, 0.05) is 12.0 Å². The SMILES string of the molecule is C=Cc1cccc(C(C(=O)NC(Cc2ccccc2)C(=O)OC(C)(C)C)N(C(=O)C(NC(=O)OC(C)(C)C)C(C)CC)C(C)(C)CC)c1. The first-order valence-corrected chi connectivity index (χ1v) is 16.8. The fraction of sp³-hybridized carbons (Fsp3) is 0.538. The highest BCUT2D eigenvalue weighted by molar-refractivity contribution is 5.94. The molecule has 0 saturated carbocycles. The van der Waals surface area contributed by atoms with E-state index in [4.69, 9.17) is 9.47 Å². The molecule has 0 radical (unpaired) electrons. The number of alkyl carbamates (subject to hydrolysis) is 1. The Morgan fingerprint density at radius 1 is 0.854 bits per heavy atom. The minimum Gasteiger partial charge on any atom is -0.458 e. The first kappa shape index (κ1) is 40.0. The molecule has 3 amide bonds. The third-order valence-corrected chi connectivity index (χ3v) is 8.17. The van der Waals surface area contributed by atoms with Gasteiger partial charge >= 0.3 is 12.1 Å². The molecule has 2 rings (SSSR count). The zero-order valence-electron chi connectivity index (χ0n) is 30.8. The number of amides is 3. The molecule has 0 aliphatic heterocycles. The lowest BCUT2D eigenvalue weighted by Gasteiger charge is -2.45. The van der Waals surface area contributed by atoms with E-state index in [9.17, 15) is 19.2 Å². The Hall–Kier alpha value is -4.14. The zero-order chi connectivity index (χ0) is 36.4. The number of nitrogens with zero attached hydrogens (tertiary/aromatic N) is 1. The lowest BCUT2D eigenvalue weighted by atomic mass is 9.89. The molecule has 0 saturated heterocycles. The normalized spacial score (nSPS) is 14.5. The summed E-state index contributed by atoms with van der Waals surface area (Å²) in [5.74, 6) is -1.88. The fourth-order valence-corrected chi connectivity index (χ4v) is 5.15. The molecule has 4 atom stereocenters. The molecule has 2 aromatic rings. The van der Waals surface area contributed by atoms with Crippen molar-refractivity contribution in [1.29, 1.82) is 0 Å². The van der Waals surface area contributed by atoms with Crippen LogP contribution >= 0.6 is 0 Å². The van der Waals surface area contributed by atoms with Crippen LogP contribution in [0.5, 0.6) is 0 Å². The Bertz CT molecular complexity index is 1410. The number of esters is 1. The second kappa shape index (κ2) is 16.8. The van der Waals surface area contributed by atoms with Crippen molar-refractivity contribution < 1.29 is 28.7 Å². The number of benzene rings is 2. The average Bonchev–Trinajstić information content (AvgIpc) is 3.00. The van der Waals surface area contributed by atoms with Gasteiger partial charge in [-0.15, -0.1) is 0 Å². The summed E-state index contributed by atoms with van der Waals surface area (Å²) >= 11 is 0. The maximum atomic E-state index is 14.9. The largest absolute Gasteiger partial charge is 0.458 e. The Morgan fingerprint density at radius 2 is 1.46 bits per heavy atom. The molecule has 0 fully saturated rings. The Kier molecular flexibility index (Phi) is 14.0. The number of hydrogen-bond donors (Lipinski definition) is 2. The van der Waals surface area contributed by atoms with E-state index in [1.807, 2.05) is 77.1 Å². The number of rotatable bonds is 14. The summed E-state index contributed by atoms with van der Waals surface area (Å²) in [6.07, 6.45) is 2.19. The van der Waals surface area contributed by atoms with Crippen molar-refractivity contribution >= 4 is 30.0 Å². The number of nitrogens with one attached hydrogen (secondary N) is 2. The van der Waals surface area contributed by atoms with Gasteiger partial charge in [0.15, 0.2) is 0 Å². The first-order valence-electron chi connectivity index (χ1n) is 16.8. The van der Waals surface area contributed by atoms with Crippen LogP contribution in [0.1, 0.15) is 112 Å². The van der Waals surface area contributed by atoms with Gasteiger partial charge in [0.2, 0.25) is 11.8 Å². The van der Waals surface area contributed by atoms with Crippen LogP contribution < -0.4 is 10.6 Å². The van der Waals surface area contributed by atoms with Crippen molar-refractivity contribution in [3.8, 4) is 0 Å². The van der Waals surface area contributed by atoms with Crippen molar-refractivity contribution in [2.75, 3.05) is 0 Å². The van der Waals surface area contributed by atoms with Crippen LogP contribution in [-0.4, -0.2) is 57.6 Å². The Balaban J connectivity index is 2.76. The molecular weight excluding hydrogens is 606 g/mol. The summed E-state index contributed by atoms with van der Waals surface area (Å²) in [4.78, 5) is 57.8. The second-order valence-electron chi connectivity index (χ2n) is 14.9. The van der Waals surface area contributed by atoms with Crippen molar-refractivity contribution in [2.24, 2.45) is 5.92 Å². The third-order valence-electron chi connectivity index (χ3n) is 8.17. The predicted molar refractivity (Wildman–Crippen MR) is 191 cm³/mol. The molecule has 0 aliphatic rings. The molecule has 0 aliphatic carbocycles. The van der Waals surface area contributed by atoms with E-state index in [1.54, 1.807) is 64.7 Å². The lowest BCUT2D eigenvalue weighted by Crippen LogP contribution is -2.61. The van der Waals surface area contributed by atoms with Gasteiger partial charge in [-0.2, -0.15) is 0 Å². The van der Waals surface area contributed by atoms with Crippen molar-refractivity contribution in [3.63, 3.8) is 0 Å². The van der Waals surface area contributed by atoms with Gasteiger partial charge in [-0.1, -0.05) is 88.4 Å². The maximum Gasteiger partial charge on any atom is 0.408 e. The topological polar surface area (TPSA) is 114 Å². The van der Waals surface area contributed by atoms with Crippen molar-refractivity contribution in [1.82, 2.24) is 15.5 Å².